The highest BCUT2D eigenvalue weighted by Crippen LogP contribution is 2.42. The SMILES string of the molecule is COc1ccc(C(c2c(C)[nH]c3ccccc23)c2c(C)[nH]c3ccccc23)cc1. The predicted octanol–water partition coefficient (Wildman–Crippen LogP) is 6.45. The van der Waals surface area contributed by atoms with Crippen molar-refractivity contribution < 1.29 is 4.74 Å². The van der Waals surface area contributed by atoms with Crippen LogP contribution in [-0.4, -0.2) is 17.1 Å². The van der Waals surface area contributed by atoms with Crippen LogP contribution in [0.1, 0.15) is 34.0 Å². The Kier molecular flexibility index (Phi) is 4.17. The Hall–Kier alpha value is -3.46. The maximum Gasteiger partial charge on any atom is 0.118 e. The van der Waals surface area contributed by atoms with Crippen LogP contribution in [0.15, 0.2) is 72.8 Å². The highest BCUT2D eigenvalue weighted by molar-refractivity contribution is 5.90. The van der Waals surface area contributed by atoms with Gasteiger partial charge in [-0.3, -0.25) is 0 Å². The van der Waals surface area contributed by atoms with Crippen LogP contribution in [0, 0.1) is 13.8 Å². The third kappa shape index (κ3) is 2.82. The summed E-state index contributed by atoms with van der Waals surface area (Å²) in [6, 6.07) is 25.6. The monoisotopic (exact) mass is 380 g/mol. The number of benzene rings is 3. The summed E-state index contributed by atoms with van der Waals surface area (Å²) in [6.07, 6.45) is 0. The summed E-state index contributed by atoms with van der Waals surface area (Å²) >= 11 is 0. The number of aryl methyl sites for hydroxylation is 2. The Morgan fingerprint density at radius 2 is 1.14 bits per heavy atom. The molecule has 3 aromatic carbocycles. The molecule has 0 amide bonds. The second-order valence-corrected chi connectivity index (χ2v) is 7.62. The van der Waals surface area contributed by atoms with Crippen molar-refractivity contribution in [1.82, 2.24) is 9.97 Å². The normalized spacial score (nSPS) is 11.6. The fraction of sp³-hybridized carbons (Fsp3) is 0.154. The van der Waals surface area contributed by atoms with E-state index < -0.39 is 0 Å². The Morgan fingerprint density at radius 1 is 0.655 bits per heavy atom. The van der Waals surface area contributed by atoms with Crippen LogP contribution in [0.25, 0.3) is 21.8 Å². The van der Waals surface area contributed by atoms with Gasteiger partial charge in [-0.1, -0.05) is 48.5 Å². The average Bonchev–Trinajstić information content (AvgIpc) is 3.25. The minimum absolute atomic E-state index is 0.119. The highest BCUT2D eigenvalue weighted by atomic mass is 16.5. The molecule has 0 atom stereocenters. The summed E-state index contributed by atoms with van der Waals surface area (Å²) in [7, 11) is 1.71. The lowest BCUT2D eigenvalue weighted by Crippen LogP contribution is -2.06. The zero-order chi connectivity index (χ0) is 20.0. The van der Waals surface area contributed by atoms with Gasteiger partial charge in [-0.2, -0.15) is 0 Å². The van der Waals surface area contributed by atoms with E-state index in [4.69, 9.17) is 4.74 Å². The largest absolute Gasteiger partial charge is 0.497 e. The van der Waals surface area contributed by atoms with E-state index in [0.717, 1.165) is 5.75 Å². The molecule has 0 aliphatic rings. The van der Waals surface area contributed by atoms with Crippen molar-refractivity contribution in [2.24, 2.45) is 0 Å². The first kappa shape index (κ1) is 17.6. The number of ether oxygens (including phenoxy) is 1. The van der Waals surface area contributed by atoms with Gasteiger partial charge in [-0.05, 0) is 54.8 Å². The topological polar surface area (TPSA) is 40.8 Å². The first-order valence-electron chi connectivity index (χ1n) is 9.95. The molecule has 0 fully saturated rings. The van der Waals surface area contributed by atoms with Gasteiger partial charge in [0.2, 0.25) is 0 Å². The third-order valence-corrected chi connectivity index (χ3v) is 5.91. The van der Waals surface area contributed by atoms with Gasteiger partial charge in [-0.15, -0.1) is 0 Å². The molecule has 2 heterocycles. The minimum atomic E-state index is 0.119. The summed E-state index contributed by atoms with van der Waals surface area (Å²) in [5.41, 5.74) is 8.68. The van der Waals surface area contributed by atoms with Gasteiger partial charge in [0.25, 0.3) is 0 Å². The molecule has 29 heavy (non-hydrogen) atoms. The lowest BCUT2D eigenvalue weighted by atomic mass is 9.82. The molecule has 0 spiro atoms. The van der Waals surface area contributed by atoms with Crippen molar-refractivity contribution in [1.29, 1.82) is 0 Å². The molecular weight excluding hydrogens is 356 g/mol. The van der Waals surface area contributed by atoms with Crippen molar-refractivity contribution in [3.05, 3.63) is 101 Å². The summed E-state index contributed by atoms with van der Waals surface area (Å²) in [5, 5.41) is 2.55. The number of aromatic nitrogens is 2. The number of fused-ring (bicyclic) bond motifs is 2. The average molecular weight is 380 g/mol. The Bertz CT molecular complexity index is 1230. The molecule has 2 N–H and O–H groups in total. The fourth-order valence-corrected chi connectivity index (χ4v) is 4.61. The molecule has 0 bridgehead atoms. The smallest absolute Gasteiger partial charge is 0.118 e. The lowest BCUT2D eigenvalue weighted by molar-refractivity contribution is 0.414. The number of hydrogen-bond acceptors (Lipinski definition) is 1. The first-order chi connectivity index (χ1) is 14.2. The minimum Gasteiger partial charge on any atom is -0.497 e. The standard InChI is InChI=1S/C26H24N2O/c1-16-24(20-8-4-6-10-22(20)27-16)26(18-12-14-19(29-3)15-13-18)25-17(2)28-23-11-7-5-9-21(23)25/h4-15,26-28H,1-3H3. The van der Waals surface area contributed by atoms with Crippen LogP contribution >= 0.6 is 0 Å². The van der Waals surface area contributed by atoms with E-state index in [0.29, 0.717) is 0 Å². The van der Waals surface area contributed by atoms with E-state index in [1.807, 2.05) is 0 Å². The number of rotatable bonds is 4. The maximum atomic E-state index is 5.41. The molecule has 3 nitrogen and oxygen atoms in total. The Balaban J connectivity index is 1.84. The lowest BCUT2D eigenvalue weighted by Gasteiger charge is -2.20. The number of methoxy groups -OCH3 is 1. The molecule has 5 aromatic rings. The van der Waals surface area contributed by atoms with Gasteiger partial charge in [0, 0.05) is 39.1 Å². The molecule has 0 aliphatic heterocycles. The van der Waals surface area contributed by atoms with Crippen molar-refractivity contribution in [3.63, 3.8) is 0 Å². The number of para-hydroxylation sites is 2. The molecule has 2 aromatic heterocycles. The van der Waals surface area contributed by atoms with E-state index in [1.165, 1.54) is 49.9 Å². The zero-order valence-electron chi connectivity index (χ0n) is 16.9. The van der Waals surface area contributed by atoms with E-state index in [-0.39, 0.29) is 5.92 Å². The maximum absolute atomic E-state index is 5.41. The Morgan fingerprint density at radius 3 is 1.62 bits per heavy atom. The van der Waals surface area contributed by atoms with E-state index >= 15 is 0 Å². The van der Waals surface area contributed by atoms with Crippen LogP contribution in [0.5, 0.6) is 5.75 Å². The summed E-state index contributed by atoms with van der Waals surface area (Å²) in [4.78, 5) is 7.19. The van der Waals surface area contributed by atoms with Crippen molar-refractivity contribution >= 4 is 21.8 Å². The van der Waals surface area contributed by atoms with Crippen molar-refractivity contribution in [2.75, 3.05) is 7.11 Å². The number of H-pyrrole nitrogens is 2. The van der Waals surface area contributed by atoms with E-state index in [2.05, 4.69) is 96.6 Å². The predicted molar refractivity (Wildman–Crippen MR) is 120 cm³/mol. The van der Waals surface area contributed by atoms with E-state index in [9.17, 15) is 0 Å². The molecule has 0 unspecified atom stereocenters. The van der Waals surface area contributed by atoms with Gasteiger partial charge >= 0.3 is 0 Å². The molecule has 144 valence electrons. The third-order valence-electron chi connectivity index (χ3n) is 5.91. The zero-order valence-corrected chi connectivity index (χ0v) is 16.9. The van der Waals surface area contributed by atoms with Gasteiger partial charge in [0.1, 0.15) is 5.75 Å². The van der Waals surface area contributed by atoms with Gasteiger partial charge in [0.05, 0.1) is 7.11 Å². The van der Waals surface area contributed by atoms with Crippen LogP contribution in [0.4, 0.5) is 0 Å². The molecule has 3 heteroatoms. The van der Waals surface area contributed by atoms with Gasteiger partial charge in [-0.25, -0.2) is 0 Å². The first-order valence-corrected chi connectivity index (χ1v) is 9.95. The van der Waals surface area contributed by atoms with Gasteiger partial charge in [0.15, 0.2) is 0 Å². The Labute approximate surface area is 170 Å². The van der Waals surface area contributed by atoms with Crippen LogP contribution < -0.4 is 4.74 Å². The molecule has 0 radical (unpaired) electrons. The molecule has 0 saturated carbocycles. The van der Waals surface area contributed by atoms with Crippen LogP contribution in [0.3, 0.4) is 0 Å². The molecule has 5 rings (SSSR count). The number of nitrogens with one attached hydrogen (secondary N) is 2. The van der Waals surface area contributed by atoms with Crippen LogP contribution in [-0.2, 0) is 0 Å². The summed E-state index contributed by atoms with van der Waals surface area (Å²) < 4.78 is 5.41. The van der Waals surface area contributed by atoms with Crippen LogP contribution in [0.2, 0.25) is 0 Å². The number of hydrogen-bond donors (Lipinski definition) is 2. The number of aromatic amines is 2. The quantitative estimate of drug-likeness (QED) is 0.369. The summed E-state index contributed by atoms with van der Waals surface area (Å²) in [6.45, 7) is 4.35. The van der Waals surface area contributed by atoms with Gasteiger partial charge < -0.3 is 14.7 Å². The molecular formula is C26H24N2O. The molecule has 0 saturated heterocycles. The second kappa shape index (κ2) is 6.85. The molecule has 0 aliphatic carbocycles. The van der Waals surface area contributed by atoms with Crippen molar-refractivity contribution in [3.8, 4) is 5.75 Å². The second-order valence-electron chi connectivity index (χ2n) is 7.62. The van der Waals surface area contributed by atoms with Crippen molar-refractivity contribution in [2.45, 2.75) is 19.8 Å². The highest BCUT2D eigenvalue weighted by Gasteiger charge is 2.26. The summed E-state index contributed by atoms with van der Waals surface area (Å²) in [5.74, 6) is 0.993. The van der Waals surface area contributed by atoms with E-state index in [1.54, 1.807) is 7.11 Å². The fourth-order valence-electron chi connectivity index (χ4n) is 4.61.